The van der Waals surface area contributed by atoms with Gasteiger partial charge in [0, 0.05) is 5.33 Å². The molecule has 0 spiro atoms. The Morgan fingerprint density at radius 1 is 1.47 bits per heavy atom. The van der Waals surface area contributed by atoms with Crippen molar-refractivity contribution in [2.75, 3.05) is 14.0 Å². The van der Waals surface area contributed by atoms with Crippen molar-refractivity contribution in [1.82, 2.24) is 0 Å². The van der Waals surface area contributed by atoms with Crippen LogP contribution in [-0.4, -0.2) is 19.9 Å². The second kappa shape index (κ2) is 7.06. The predicted molar refractivity (Wildman–Crippen MR) is 66.1 cm³/mol. The number of hydrogen-bond donors (Lipinski definition) is 0. The minimum atomic E-state index is -0.989. The van der Waals surface area contributed by atoms with Gasteiger partial charge in [0.25, 0.3) is 0 Å². The van der Waals surface area contributed by atoms with E-state index in [-0.39, 0.29) is 5.57 Å². The zero-order valence-corrected chi connectivity index (χ0v) is 10.9. The summed E-state index contributed by atoms with van der Waals surface area (Å²) in [6, 6.07) is 7.25. The Balaban J connectivity index is 3.17. The Labute approximate surface area is 107 Å². The lowest BCUT2D eigenvalue weighted by Gasteiger charge is -2.09. The quantitative estimate of drug-likeness (QED) is 0.363. The molecule has 0 aliphatic rings. The van der Waals surface area contributed by atoms with Crippen molar-refractivity contribution in [3.63, 3.8) is 0 Å². The molecule has 0 aromatic heterocycles. The molecule has 0 heterocycles. The molecule has 0 aliphatic heterocycles. The number of carbonyl (C=O) groups excluding carboxylic acids is 1. The highest BCUT2D eigenvalue weighted by Gasteiger charge is 2.15. The summed E-state index contributed by atoms with van der Waals surface area (Å²) in [5.74, 6) is -0.563. The van der Waals surface area contributed by atoms with E-state index in [1.807, 2.05) is 12.1 Å². The molecule has 0 saturated carbocycles. The van der Waals surface area contributed by atoms with E-state index < -0.39 is 12.8 Å². The largest absolute Gasteiger partial charge is 0.470 e. The van der Waals surface area contributed by atoms with Crippen molar-refractivity contribution in [2.24, 2.45) is 0 Å². The summed E-state index contributed by atoms with van der Waals surface area (Å²) in [6.45, 7) is -0.989. The van der Waals surface area contributed by atoms with Crippen LogP contribution in [0.25, 0.3) is 5.57 Å². The summed E-state index contributed by atoms with van der Waals surface area (Å²) in [5.41, 5.74) is 1.75. The predicted octanol–water partition coefficient (Wildman–Crippen LogP) is 3.04. The van der Waals surface area contributed by atoms with Gasteiger partial charge in [0.1, 0.15) is 11.8 Å². The molecule has 92 valence electrons. The second-order valence-corrected chi connectivity index (χ2v) is 3.65. The fourth-order valence-corrected chi connectivity index (χ4v) is 1.83. The van der Waals surface area contributed by atoms with E-state index in [9.17, 15) is 9.18 Å². The van der Waals surface area contributed by atoms with E-state index in [0.29, 0.717) is 10.9 Å². The van der Waals surface area contributed by atoms with Gasteiger partial charge in [-0.1, -0.05) is 40.2 Å². The number of halogens is 2. The average molecular weight is 303 g/mol. The molecule has 0 atom stereocenters. The van der Waals surface area contributed by atoms with Crippen molar-refractivity contribution < 1.29 is 18.7 Å². The van der Waals surface area contributed by atoms with Crippen molar-refractivity contribution in [3.05, 3.63) is 41.7 Å². The number of hydrogen-bond acceptors (Lipinski definition) is 3. The van der Waals surface area contributed by atoms with Gasteiger partial charge in [-0.25, -0.2) is 9.18 Å². The maximum atomic E-state index is 12.0. The highest BCUT2D eigenvalue weighted by atomic mass is 79.9. The van der Waals surface area contributed by atoms with Crippen molar-refractivity contribution in [2.45, 2.75) is 5.33 Å². The standard InChI is InChI=1S/C12H12BrFO3/c1-16-12(15)11(7-17-8-14)10-5-3-2-4-9(10)6-13/h2-5,7H,6,8H2,1H3. The monoisotopic (exact) mass is 302 g/mol. The normalized spacial score (nSPS) is 11.1. The van der Waals surface area contributed by atoms with Gasteiger partial charge in [-0.2, -0.15) is 0 Å². The molecular weight excluding hydrogens is 291 g/mol. The first-order valence-corrected chi connectivity index (χ1v) is 5.97. The van der Waals surface area contributed by atoms with Crippen LogP contribution in [0.15, 0.2) is 30.5 Å². The number of carbonyl (C=O) groups is 1. The molecule has 0 radical (unpaired) electrons. The van der Waals surface area contributed by atoms with E-state index >= 15 is 0 Å². The summed E-state index contributed by atoms with van der Waals surface area (Å²) in [5, 5.41) is 0.577. The third-order valence-electron chi connectivity index (χ3n) is 2.12. The number of alkyl halides is 2. The number of esters is 1. The maximum absolute atomic E-state index is 12.0. The fraction of sp³-hybridized carbons (Fsp3) is 0.250. The first-order chi connectivity index (χ1) is 8.24. The van der Waals surface area contributed by atoms with Gasteiger partial charge in [0.2, 0.25) is 6.86 Å². The highest BCUT2D eigenvalue weighted by molar-refractivity contribution is 9.08. The molecule has 1 rings (SSSR count). The molecule has 0 bridgehead atoms. The molecule has 0 aliphatic carbocycles. The van der Waals surface area contributed by atoms with Crippen molar-refractivity contribution in [3.8, 4) is 0 Å². The van der Waals surface area contributed by atoms with Crippen molar-refractivity contribution >= 4 is 27.5 Å². The van der Waals surface area contributed by atoms with Crippen LogP contribution in [0.5, 0.6) is 0 Å². The minimum absolute atomic E-state index is 0.195. The number of rotatable bonds is 5. The number of benzene rings is 1. The maximum Gasteiger partial charge on any atom is 0.341 e. The van der Waals surface area contributed by atoms with E-state index in [2.05, 4.69) is 25.4 Å². The Hall–Kier alpha value is -1.36. The van der Waals surface area contributed by atoms with Gasteiger partial charge in [-0.05, 0) is 11.1 Å². The molecule has 0 saturated heterocycles. The minimum Gasteiger partial charge on any atom is -0.470 e. The van der Waals surface area contributed by atoms with Crippen LogP contribution in [-0.2, 0) is 19.6 Å². The van der Waals surface area contributed by atoms with E-state index in [1.165, 1.54) is 7.11 Å². The molecule has 0 N–H and O–H groups in total. The van der Waals surface area contributed by atoms with E-state index in [1.54, 1.807) is 12.1 Å². The van der Waals surface area contributed by atoms with E-state index in [4.69, 9.17) is 0 Å². The number of methoxy groups -OCH3 is 1. The summed E-state index contributed by atoms with van der Waals surface area (Å²) < 4.78 is 21.2. The Bertz CT molecular complexity index is 418. The third-order valence-corrected chi connectivity index (χ3v) is 2.73. The summed E-state index contributed by atoms with van der Waals surface area (Å²) in [4.78, 5) is 11.6. The second-order valence-electron chi connectivity index (χ2n) is 3.09. The van der Waals surface area contributed by atoms with Gasteiger partial charge in [0.05, 0.1) is 7.11 Å². The molecule has 0 fully saturated rings. The Morgan fingerprint density at radius 3 is 2.76 bits per heavy atom. The molecule has 3 nitrogen and oxygen atoms in total. The SMILES string of the molecule is COC(=O)C(=COCF)c1ccccc1CBr. The lowest BCUT2D eigenvalue weighted by Crippen LogP contribution is -2.06. The molecule has 1 aromatic carbocycles. The molecule has 1 aromatic rings. The topological polar surface area (TPSA) is 35.5 Å². The zero-order valence-electron chi connectivity index (χ0n) is 9.28. The van der Waals surface area contributed by atoms with Crippen LogP contribution in [0.1, 0.15) is 11.1 Å². The first-order valence-electron chi connectivity index (χ1n) is 4.84. The zero-order chi connectivity index (χ0) is 12.7. The van der Waals surface area contributed by atoms with Crippen molar-refractivity contribution in [1.29, 1.82) is 0 Å². The molecule has 17 heavy (non-hydrogen) atoms. The van der Waals surface area contributed by atoms with Crippen LogP contribution in [0.2, 0.25) is 0 Å². The van der Waals surface area contributed by atoms with Gasteiger partial charge in [-0.3, -0.25) is 0 Å². The number of ether oxygens (including phenoxy) is 2. The van der Waals surface area contributed by atoms with Crippen LogP contribution in [0, 0.1) is 0 Å². The van der Waals surface area contributed by atoms with Gasteiger partial charge in [-0.15, -0.1) is 0 Å². The molecule has 0 amide bonds. The molecule has 5 heteroatoms. The fourth-order valence-electron chi connectivity index (χ4n) is 1.35. The summed E-state index contributed by atoms with van der Waals surface area (Å²) >= 11 is 3.32. The molecule has 0 unspecified atom stereocenters. The Morgan fingerprint density at radius 2 is 2.18 bits per heavy atom. The highest BCUT2D eigenvalue weighted by Crippen LogP contribution is 2.22. The van der Waals surface area contributed by atoms with Gasteiger partial charge < -0.3 is 9.47 Å². The Kier molecular flexibility index (Phi) is 5.69. The van der Waals surface area contributed by atoms with Crippen LogP contribution < -0.4 is 0 Å². The molecular formula is C12H12BrFO3. The lowest BCUT2D eigenvalue weighted by molar-refractivity contribution is -0.133. The van der Waals surface area contributed by atoms with Gasteiger partial charge >= 0.3 is 5.97 Å². The summed E-state index contributed by atoms with van der Waals surface area (Å²) in [6.07, 6.45) is 1.08. The van der Waals surface area contributed by atoms with Crippen LogP contribution in [0.3, 0.4) is 0 Å². The first kappa shape index (κ1) is 13.7. The third kappa shape index (κ3) is 3.56. The average Bonchev–Trinajstić information content (AvgIpc) is 2.39. The van der Waals surface area contributed by atoms with Crippen LogP contribution in [0.4, 0.5) is 4.39 Å². The van der Waals surface area contributed by atoms with Gasteiger partial charge in [0.15, 0.2) is 0 Å². The smallest absolute Gasteiger partial charge is 0.341 e. The summed E-state index contributed by atoms with van der Waals surface area (Å²) in [7, 11) is 1.27. The lowest BCUT2D eigenvalue weighted by atomic mass is 10.0. The van der Waals surface area contributed by atoms with Crippen LogP contribution >= 0.6 is 15.9 Å². The van der Waals surface area contributed by atoms with E-state index in [0.717, 1.165) is 11.8 Å².